The van der Waals surface area contributed by atoms with Crippen molar-refractivity contribution in [3.63, 3.8) is 0 Å². The SMILES string of the molecule is COC(=O)C1(C(=O)OC)CC[C@@]12CCOC2=O. The van der Waals surface area contributed by atoms with E-state index in [0.717, 1.165) is 0 Å². The molecule has 1 spiro atoms. The van der Waals surface area contributed by atoms with Gasteiger partial charge in [-0.25, -0.2) is 0 Å². The molecule has 2 aliphatic rings. The first kappa shape index (κ1) is 11.9. The van der Waals surface area contributed by atoms with E-state index in [1.165, 1.54) is 14.2 Å². The maximum Gasteiger partial charge on any atom is 0.324 e. The molecular formula is C11H14O6. The second kappa shape index (κ2) is 3.72. The number of hydrogen-bond acceptors (Lipinski definition) is 6. The molecule has 1 heterocycles. The van der Waals surface area contributed by atoms with Gasteiger partial charge in [0, 0.05) is 0 Å². The zero-order valence-electron chi connectivity index (χ0n) is 9.78. The molecule has 94 valence electrons. The van der Waals surface area contributed by atoms with E-state index in [0.29, 0.717) is 12.8 Å². The smallest absolute Gasteiger partial charge is 0.324 e. The highest BCUT2D eigenvalue weighted by Crippen LogP contribution is 2.62. The average Bonchev–Trinajstić information content (AvgIpc) is 2.71. The number of cyclic esters (lactones) is 1. The predicted octanol–water partition coefficient (Wildman–Crippen LogP) is 0.0459. The van der Waals surface area contributed by atoms with Crippen LogP contribution >= 0.6 is 0 Å². The van der Waals surface area contributed by atoms with E-state index < -0.39 is 28.7 Å². The lowest BCUT2D eigenvalue weighted by atomic mass is 9.48. The van der Waals surface area contributed by atoms with E-state index in [9.17, 15) is 14.4 Å². The first-order valence-electron chi connectivity index (χ1n) is 5.39. The minimum Gasteiger partial charge on any atom is -0.468 e. The van der Waals surface area contributed by atoms with Crippen LogP contribution in [0.25, 0.3) is 0 Å². The minimum atomic E-state index is -1.51. The molecule has 1 atom stereocenters. The first-order chi connectivity index (χ1) is 8.05. The molecule has 6 heteroatoms. The molecule has 1 aliphatic carbocycles. The number of carbonyl (C=O) groups is 3. The Morgan fingerprint density at radius 3 is 2.00 bits per heavy atom. The van der Waals surface area contributed by atoms with Crippen LogP contribution < -0.4 is 0 Å². The van der Waals surface area contributed by atoms with Crippen LogP contribution in [0.5, 0.6) is 0 Å². The molecule has 0 amide bonds. The fraction of sp³-hybridized carbons (Fsp3) is 0.727. The molecule has 2 rings (SSSR count). The van der Waals surface area contributed by atoms with Crippen LogP contribution in [0.4, 0.5) is 0 Å². The topological polar surface area (TPSA) is 78.9 Å². The summed E-state index contributed by atoms with van der Waals surface area (Å²) in [6.45, 7) is 0.231. The van der Waals surface area contributed by atoms with Crippen LogP contribution in [-0.4, -0.2) is 38.7 Å². The Kier molecular flexibility index (Phi) is 2.60. The summed E-state index contributed by atoms with van der Waals surface area (Å²) >= 11 is 0. The largest absolute Gasteiger partial charge is 0.468 e. The highest BCUT2D eigenvalue weighted by Gasteiger charge is 2.75. The van der Waals surface area contributed by atoms with Gasteiger partial charge in [-0.2, -0.15) is 0 Å². The molecule has 0 aromatic rings. The van der Waals surface area contributed by atoms with E-state index in [2.05, 4.69) is 9.47 Å². The third-order valence-electron chi connectivity index (χ3n) is 3.96. The molecule has 1 saturated heterocycles. The van der Waals surface area contributed by atoms with E-state index >= 15 is 0 Å². The highest BCUT2D eigenvalue weighted by molar-refractivity contribution is 6.07. The van der Waals surface area contributed by atoms with Gasteiger partial charge in [-0.1, -0.05) is 0 Å². The van der Waals surface area contributed by atoms with Gasteiger partial charge in [-0.15, -0.1) is 0 Å². The van der Waals surface area contributed by atoms with Gasteiger partial charge >= 0.3 is 17.9 Å². The standard InChI is InChI=1S/C11H14O6/c1-15-8(13)11(9(14)16-2)4-3-10(11)5-6-17-7(10)12/h3-6H2,1-2H3/t10-/m0/s1. The quantitative estimate of drug-likeness (QED) is 0.386. The molecule has 1 saturated carbocycles. The van der Waals surface area contributed by atoms with Crippen LogP contribution in [0.1, 0.15) is 19.3 Å². The maximum absolute atomic E-state index is 11.9. The molecule has 0 unspecified atom stereocenters. The maximum atomic E-state index is 11.9. The Hall–Kier alpha value is -1.59. The summed E-state index contributed by atoms with van der Waals surface area (Å²) in [5.74, 6) is -1.93. The Bertz CT molecular complexity index is 371. The summed E-state index contributed by atoms with van der Waals surface area (Å²) in [5, 5.41) is 0. The first-order valence-corrected chi connectivity index (χ1v) is 5.39. The van der Waals surface area contributed by atoms with Crippen molar-refractivity contribution in [1.82, 2.24) is 0 Å². The van der Waals surface area contributed by atoms with Crippen molar-refractivity contribution >= 4 is 17.9 Å². The van der Waals surface area contributed by atoms with Gasteiger partial charge in [0.1, 0.15) is 0 Å². The van der Waals surface area contributed by atoms with Gasteiger partial charge in [-0.3, -0.25) is 14.4 Å². The zero-order chi connectivity index (χ0) is 12.7. The molecule has 1 aliphatic heterocycles. The summed E-state index contributed by atoms with van der Waals surface area (Å²) in [6.07, 6.45) is 1.08. The molecule has 6 nitrogen and oxygen atoms in total. The molecule has 0 aromatic carbocycles. The van der Waals surface area contributed by atoms with Crippen molar-refractivity contribution in [2.24, 2.45) is 10.8 Å². The van der Waals surface area contributed by atoms with Crippen molar-refractivity contribution in [3.8, 4) is 0 Å². The summed E-state index contributed by atoms with van der Waals surface area (Å²) in [5.41, 5.74) is -2.59. The Balaban J connectivity index is 2.45. The fourth-order valence-corrected chi connectivity index (χ4v) is 2.88. The molecule has 17 heavy (non-hydrogen) atoms. The Morgan fingerprint density at radius 2 is 1.71 bits per heavy atom. The average molecular weight is 242 g/mol. The van der Waals surface area contributed by atoms with E-state index in [4.69, 9.17) is 4.74 Å². The summed E-state index contributed by atoms with van der Waals surface area (Å²) in [6, 6.07) is 0. The molecule has 0 bridgehead atoms. The fourth-order valence-electron chi connectivity index (χ4n) is 2.88. The van der Waals surface area contributed by atoms with Crippen LogP contribution in [0.2, 0.25) is 0 Å². The van der Waals surface area contributed by atoms with E-state index in [-0.39, 0.29) is 13.0 Å². The number of methoxy groups -OCH3 is 2. The lowest BCUT2D eigenvalue weighted by Gasteiger charge is -2.49. The summed E-state index contributed by atoms with van der Waals surface area (Å²) in [4.78, 5) is 35.6. The molecule has 0 radical (unpaired) electrons. The lowest BCUT2D eigenvalue weighted by Crippen LogP contribution is -2.63. The van der Waals surface area contributed by atoms with Crippen LogP contribution in [-0.2, 0) is 28.6 Å². The van der Waals surface area contributed by atoms with Gasteiger partial charge in [0.05, 0.1) is 26.2 Å². The number of carbonyl (C=O) groups excluding carboxylic acids is 3. The van der Waals surface area contributed by atoms with Crippen molar-refractivity contribution < 1.29 is 28.6 Å². The number of rotatable bonds is 2. The van der Waals surface area contributed by atoms with Crippen LogP contribution in [0, 0.1) is 10.8 Å². The third-order valence-corrected chi connectivity index (χ3v) is 3.96. The number of ether oxygens (including phenoxy) is 3. The van der Waals surface area contributed by atoms with Gasteiger partial charge in [0.2, 0.25) is 0 Å². The van der Waals surface area contributed by atoms with Gasteiger partial charge in [0.15, 0.2) is 5.41 Å². The summed E-state index contributed by atoms with van der Waals surface area (Å²) < 4.78 is 14.2. The molecule has 2 fully saturated rings. The van der Waals surface area contributed by atoms with E-state index in [1.807, 2.05) is 0 Å². The van der Waals surface area contributed by atoms with Crippen molar-refractivity contribution in [2.45, 2.75) is 19.3 Å². The zero-order valence-corrected chi connectivity index (χ0v) is 9.78. The van der Waals surface area contributed by atoms with Crippen LogP contribution in [0.15, 0.2) is 0 Å². The van der Waals surface area contributed by atoms with E-state index in [1.54, 1.807) is 0 Å². The lowest BCUT2D eigenvalue weighted by molar-refractivity contribution is -0.201. The number of esters is 3. The second-order valence-electron chi connectivity index (χ2n) is 4.36. The number of hydrogen-bond donors (Lipinski definition) is 0. The molecular weight excluding hydrogens is 228 g/mol. The second-order valence-corrected chi connectivity index (χ2v) is 4.36. The monoisotopic (exact) mass is 242 g/mol. The summed E-state index contributed by atoms with van der Waals surface area (Å²) in [7, 11) is 2.39. The Morgan fingerprint density at radius 1 is 1.12 bits per heavy atom. The predicted molar refractivity (Wildman–Crippen MR) is 53.7 cm³/mol. The van der Waals surface area contributed by atoms with Crippen LogP contribution in [0.3, 0.4) is 0 Å². The van der Waals surface area contributed by atoms with Gasteiger partial charge < -0.3 is 14.2 Å². The molecule has 0 aromatic heterocycles. The minimum absolute atomic E-state index is 0.231. The molecule has 0 N–H and O–H groups in total. The van der Waals surface area contributed by atoms with Crippen molar-refractivity contribution in [3.05, 3.63) is 0 Å². The normalized spacial score (nSPS) is 29.4. The van der Waals surface area contributed by atoms with Gasteiger partial charge in [-0.05, 0) is 19.3 Å². The van der Waals surface area contributed by atoms with Gasteiger partial charge in [0.25, 0.3) is 0 Å². The highest BCUT2D eigenvalue weighted by atomic mass is 16.6. The van der Waals surface area contributed by atoms with Crippen molar-refractivity contribution in [2.75, 3.05) is 20.8 Å². The Labute approximate surface area is 98.2 Å². The van der Waals surface area contributed by atoms with Crippen molar-refractivity contribution in [1.29, 1.82) is 0 Å². The third kappa shape index (κ3) is 1.18.